The molecule has 0 heterocycles. The summed E-state index contributed by atoms with van der Waals surface area (Å²) < 4.78 is 5.64. The van der Waals surface area contributed by atoms with Crippen LogP contribution in [0.3, 0.4) is 0 Å². The average molecular weight is 222 g/mol. The minimum absolute atomic E-state index is 0.0979. The monoisotopic (exact) mass is 222 g/mol. The van der Waals surface area contributed by atoms with Gasteiger partial charge in [-0.1, -0.05) is 18.1 Å². The molecule has 0 aliphatic heterocycles. The Morgan fingerprint density at radius 1 is 1.44 bits per heavy atom. The van der Waals surface area contributed by atoms with Crippen LogP contribution in [-0.4, -0.2) is 17.1 Å². The van der Waals surface area contributed by atoms with E-state index >= 15 is 0 Å². The summed E-state index contributed by atoms with van der Waals surface area (Å²) in [4.78, 5) is 0. The molecule has 0 amide bonds. The van der Waals surface area contributed by atoms with Gasteiger partial charge in [-0.25, -0.2) is 0 Å². The van der Waals surface area contributed by atoms with Crippen LogP contribution in [-0.2, 0) is 0 Å². The van der Waals surface area contributed by atoms with Crippen LogP contribution < -0.4 is 10.5 Å². The van der Waals surface area contributed by atoms with Gasteiger partial charge in [0.05, 0.1) is 0 Å². The van der Waals surface area contributed by atoms with Crippen molar-refractivity contribution in [2.24, 2.45) is 10.9 Å². The molecule has 0 spiro atoms. The summed E-state index contributed by atoms with van der Waals surface area (Å²) in [6, 6.07) is 5.82. The van der Waals surface area contributed by atoms with Crippen LogP contribution in [0.1, 0.15) is 24.5 Å². The third-order valence-electron chi connectivity index (χ3n) is 2.57. The van der Waals surface area contributed by atoms with Gasteiger partial charge in [0.25, 0.3) is 0 Å². The van der Waals surface area contributed by atoms with E-state index in [1.54, 1.807) is 0 Å². The number of rotatable bonds is 4. The van der Waals surface area contributed by atoms with Gasteiger partial charge in [-0.3, -0.25) is 0 Å². The number of nitrogens with zero attached hydrogens (tertiary/aromatic N) is 1. The van der Waals surface area contributed by atoms with E-state index in [0.29, 0.717) is 6.42 Å². The van der Waals surface area contributed by atoms with E-state index in [-0.39, 0.29) is 11.9 Å². The zero-order chi connectivity index (χ0) is 12.1. The van der Waals surface area contributed by atoms with Crippen LogP contribution in [0.25, 0.3) is 0 Å². The first-order valence-electron chi connectivity index (χ1n) is 5.29. The summed E-state index contributed by atoms with van der Waals surface area (Å²) in [5, 5.41) is 11.6. The predicted octanol–water partition coefficient (Wildman–Crippen LogP) is 2.21. The number of hydrogen-bond donors (Lipinski definition) is 2. The van der Waals surface area contributed by atoms with Crippen molar-refractivity contribution in [3.8, 4) is 5.75 Å². The standard InChI is InChI=1S/C12H18N2O2/c1-4-11(12(13)14-15)16-10-6-5-8(2)9(3)7-10/h5-7,11,15H,4H2,1-3H3,(H2,13,14). The zero-order valence-corrected chi connectivity index (χ0v) is 9.90. The maximum absolute atomic E-state index is 8.60. The first-order chi connectivity index (χ1) is 7.58. The Hall–Kier alpha value is -1.71. The number of benzene rings is 1. The van der Waals surface area contributed by atoms with E-state index in [2.05, 4.69) is 5.16 Å². The Bertz CT molecular complexity index is 389. The van der Waals surface area contributed by atoms with Crippen molar-refractivity contribution in [1.82, 2.24) is 0 Å². The number of aryl methyl sites for hydroxylation is 2. The molecular formula is C12H18N2O2. The molecule has 0 radical (unpaired) electrons. The Labute approximate surface area is 95.7 Å². The maximum atomic E-state index is 8.60. The Morgan fingerprint density at radius 2 is 2.12 bits per heavy atom. The van der Waals surface area contributed by atoms with E-state index < -0.39 is 0 Å². The van der Waals surface area contributed by atoms with Gasteiger partial charge in [-0.15, -0.1) is 0 Å². The second-order valence-corrected chi connectivity index (χ2v) is 3.79. The molecule has 0 saturated heterocycles. The molecule has 0 aromatic heterocycles. The Balaban J connectivity index is 2.82. The SMILES string of the molecule is CCC(Oc1ccc(C)c(C)c1)C(N)=NO. The molecule has 0 bridgehead atoms. The van der Waals surface area contributed by atoms with E-state index in [4.69, 9.17) is 15.7 Å². The fraction of sp³-hybridized carbons (Fsp3) is 0.417. The highest BCUT2D eigenvalue weighted by Crippen LogP contribution is 2.18. The fourth-order valence-corrected chi connectivity index (χ4v) is 1.37. The lowest BCUT2D eigenvalue weighted by atomic mass is 10.1. The summed E-state index contributed by atoms with van der Waals surface area (Å²) in [5.41, 5.74) is 7.89. The minimum atomic E-state index is -0.382. The Kier molecular flexibility index (Phi) is 4.17. The number of hydrogen-bond acceptors (Lipinski definition) is 3. The van der Waals surface area contributed by atoms with Crippen LogP contribution in [0.15, 0.2) is 23.4 Å². The summed E-state index contributed by atoms with van der Waals surface area (Å²) in [6.07, 6.45) is 0.273. The molecule has 0 fully saturated rings. The number of nitrogens with two attached hydrogens (primary N) is 1. The van der Waals surface area contributed by atoms with Gasteiger partial charge in [-0.05, 0) is 43.5 Å². The van der Waals surface area contributed by atoms with Crippen LogP contribution in [0, 0.1) is 13.8 Å². The van der Waals surface area contributed by atoms with Crippen molar-refractivity contribution < 1.29 is 9.94 Å². The summed E-state index contributed by atoms with van der Waals surface area (Å²) in [7, 11) is 0. The van der Waals surface area contributed by atoms with Crippen molar-refractivity contribution in [2.75, 3.05) is 0 Å². The van der Waals surface area contributed by atoms with Crippen LogP contribution in [0.5, 0.6) is 5.75 Å². The molecule has 88 valence electrons. The van der Waals surface area contributed by atoms with Crippen molar-refractivity contribution in [3.05, 3.63) is 29.3 Å². The first kappa shape index (κ1) is 12.4. The molecule has 1 atom stereocenters. The number of ether oxygens (including phenoxy) is 1. The molecular weight excluding hydrogens is 204 g/mol. The lowest BCUT2D eigenvalue weighted by Gasteiger charge is -2.16. The molecule has 16 heavy (non-hydrogen) atoms. The highest BCUT2D eigenvalue weighted by molar-refractivity contribution is 5.84. The highest BCUT2D eigenvalue weighted by atomic mass is 16.5. The van der Waals surface area contributed by atoms with Crippen LogP contribution in [0.4, 0.5) is 0 Å². The second kappa shape index (κ2) is 5.39. The number of amidine groups is 1. The van der Waals surface area contributed by atoms with E-state index in [9.17, 15) is 0 Å². The van der Waals surface area contributed by atoms with Gasteiger partial charge >= 0.3 is 0 Å². The lowest BCUT2D eigenvalue weighted by molar-refractivity contribution is 0.246. The minimum Gasteiger partial charge on any atom is -0.482 e. The highest BCUT2D eigenvalue weighted by Gasteiger charge is 2.13. The molecule has 3 N–H and O–H groups in total. The van der Waals surface area contributed by atoms with E-state index in [1.807, 2.05) is 39.0 Å². The van der Waals surface area contributed by atoms with Crippen LogP contribution in [0.2, 0.25) is 0 Å². The topological polar surface area (TPSA) is 67.8 Å². The number of oxime groups is 1. The first-order valence-corrected chi connectivity index (χ1v) is 5.29. The van der Waals surface area contributed by atoms with Gasteiger partial charge < -0.3 is 15.7 Å². The fourth-order valence-electron chi connectivity index (χ4n) is 1.37. The maximum Gasteiger partial charge on any atom is 0.180 e. The summed E-state index contributed by atoms with van der Waals surface area (Å²) in [5.74, 6) is 0.835. The van der Waals surface area contributed by atoms with Gasteiger partial charge in [0.15, 0.2) is 11.9 Å². The average Bonchev–Trinajstić information content (AvgIpc) is 2.29. The third kappa shape index (κ3) is 2.89. The lowest BCUT2D eigenvalue weighted by Crippen LogP contribution is -2.33. The molecule has 1 aromatic rings. The molecule has 0 aliphatic carbocycles. The van der Waals surface area contributed by atoms with Gasteiger partial charge in [0.2, 0.25) is 0 Å². The van der Waals surface area contributed by atoms with E-state index in [1.165, 1.54) is 5.56 Å². The molecule has 1 rings (SSSR count). The normalized spacial score (nSPS) is 13.6. The van der Waals surface area contributed by atoms with Crippen molar-refractivity contribution in [1.29, 1.82) is 0 Å². The van der Waals surface area contributed by atoms with Crippen molar-refractivity contribution in [3.63, 3.8) is 0 Å². The molecule has 4 heteroatoms. The van der Waals surface area contributed by atoms with E-state index in [0.717, 1.165) is 11.3 Å². The molecule has 1 unspecified atom stereocenters. The molecule has 0 saturated carbocycles. The predicted molar refractivity (Wildman–Crippen MR) is 64.0 cm³/mol. The quantitative estimate of drug-likeness (QED) is 0.355. The van der Waals surface area contributed by atoms with Gasteiger partial charge in [0.1, 0.15) is 5.75 Å². The smallest absolute Gasteiger partial charge is 0.180 e. The van der Waals surface area contributed by atoms with Gasteiger partial charge in [-0.2, -0.15) is 0 Å². The van der Waals surface area contributed by atoms with Crippen LogP contribution >= 0.6 is 0 Å². The van der Waals surface area contributed by atoms with Crippen molar-refractivity contribution in [2.45, 2.75) is 33.3 Å². The summed E-state index contributed by atoms with van der Waals surface area (Å²) >= 11 is 0. The molecule has 0 aliphatic rings. The zero-order valence-electron chi connectivity index (χ0n) is 9.90. The third-order valence-corrected chi connectivity index (χ3v) is 2.57. The largest absolute Gasteiger partial charge is 0.482 e. The molecule has 4 nitrogen and oxygen atoms in total. The van der Waals surface area contributed by atoms with Crippen molar-refractivity contribution >= 4 is 5.84 Å². The Morgan fingerprint density at radius 3 is 2.62 bits per heavy atom. The summed E-state index contributed by atoms with van der Waals surface area (Å²) in [6.45, 7) is 5.98. The second-order valence-electron chi connectivity index (χ2n) is 3.79. The molecule has 1 aromatic carbocycles. The van der Waals surface area contributed by atoms with Gasteiger partial charge in [0, 0.05) is 0 Å².